The van der Waals surface area contributed by atoms with Gasteiger partial charge in [0.2, 0.25) is 0 Å². The van der Waals surface area contributed by atoms with Gasteiger partial charge in [0, 0.05) is 12.0 Å². The molecule has 2 saturated carbocycles. The van der Waals surface area contributed by atoms with E-state index in [0.717, 1.165) is 12.8 Å². The van der Waals surface area contributed by atoms with Gasteiger partial charge in [-0.15, -0.1) is 0 Å². The van der Waals surface area contributed by atoms with Gasteiger partial charge in [-0.2, -0.15) is 0 Å². The highest BCUT2D eigenvalue weighted by molar-refractivity contribution is 5.38. The Hall–Kier alpha value is -1.09. The first-order chi connectivity index (χ1) is 10.1. The second-order valence-corrected chi connectivity index (χ2v) is 7.39. The smallest absolute Gasteiger partial charge is 0.126 e. The monoisotopic (exact) mass is 290 g/mol. The molecule has 1 aromatic rings. The van der Waals surface area contributed by atoms with Crippen LogP contribution in [-0.4, -0.2) is 10.7 Å². The minimum absolute atomic E-state index is 0.224. The summed E-state index contributed by atoms with van der Waals surface area (Å²) in [6.45, 7) is 0. The number of ether oxygens (including phenoxy) is 1. The molecule has 1 heterocycles. The van der Waals surface area contributed by atoms with Crippen LogP contribution >= 0.6 is 0 Å². The second-order valence-electron chi connectivity index (χ2n) is 7.39. The van der Waals surface area contributed by atoms with Gasteiger partial charge in [0.1, 0.15) is 17.2 Å². The predicted octanol–water partition coefficient (Wildman–Crippen LogP) is 4.51. The van der Waals surface area contributed by atoms with E-state index in [1.165, 1.54) is 50.7 Å². The van der Waals surface area contributed by atoms with Crippen LogP contribution in [0.15, 0.2) is 18.2 Å². The lowest BCUT2D eigenvalue weighted by molar-refractivity contribution is -0.0623. The first kappa shape index (κ1) is 13.6. The first-order valence-corrected chi connectivity index (χ1v) is 8.27. The summed E-state index contributed by atoms with van der Waals surface area (Å²) in [5.74, 6) is 0.374. The summed E-state index contributed by atoms with van der Waals surface area (Å²) in [7, 11) is 0. The van der Waals surface area contributed by atoms with Crippen molar-refractivity contribution in [3.8, 4) is 5.75 Å². The lowest BCUT2D eigenvalue weighted by Gasteiger charge is -2.48. The molecule has 0 bridgehead atoms. The number of fused-ring (bicyclic) bond motifs is 1. The Kier molecular flexibility index (Phi) is 3.04. The minimum Gasteiger partial charge on any atom is -0.487 e. The van der Waals surface area contributed by atoms with Crippen molar-refractivity contribution in [2.24, 2.45) is 5.41 Å². The van der Waals surface area contributed by atoms with Crippen molar-refractivity contribution < 1.29 is 14.2 Å². The van der Waals surface area contributed by atoms with Crippen LogP contribution in [0, 0.1) is 11.2 Å². The molecule has 1 atom stereocenters. The van der Waals surface area contributed by atoms with E-state index < -0.39 is 6.10 Å². The summed E-state index contributed by atoms with van der Waals surface area (Å²) in [5, 5.41) is 10.4. The quantitative estimate of drug-likeness (QED) is 0.761. The molecule has 0 unspecified atom stereocenters. The van der Waals surface area contributed by atoms with Gasteiger partial charge in [-0.25, -0.2) is 4.39 Å². The number of rotatable bonds is 0. The lowest BCUT2D eigenvalue weighted by Crippen LogP contribution is -2.46. The molecular weight excluding hydrogens is 267 g/mol. The van der Waals surface area contributed by atoms with Crippen LogP contribution in [0.2, 0.25) is 0 Å². The number of aliphatic hydroxyl groups excluding tert-OH is 1. The largest absolute Gasteiger partial charge is 0.487 e. The third-order valence-electron chi connectivity index (χ3n) is 6.11. The molecule has 2 aliphatic carbocycles. The van der Waals surface area contributed by atoms with E-state index in [0.29, 0.717) is 23.1 Å². The molecule has 21 heavy (non-hydrogen) atoms. The van der Waals surface area contributed by atoms with Crippen LogP contribution in [0.1, 0.15) is 69.5 Å². The van der Waals surface area contributed by atoms with Crippen molar-refractivity contribution in [1.82, 2.24) is 0 Å². The van der Waals surface area contributed by atoms with Crippen LogP contribution in [-0.2, 0) is 0 Å². The molecule has 1 N–H and O–H groups in total. The van der Waals surface area contributed by atoms with E-state index in [1.54, 1.807) is 6.07 Å². The molecule has 0 saturated heterocycles. The maximum atomic E-state index is 13.3. The lowest BCUT2D eigenvalue weighted by atomic mass is 9.65. The molecular formula is C18H23FO2. The average molecular weight is 290 g/mol. The normalized spacial score (nSPS) is 29.3. The molecule has 2 nitrogen and oxygen atoms in total. The zero-order valence-electron chi connectivity index (χ0n) is 12.4. The molecule has 4 rings (SSSR count). The van der Waals surface area contributed by atoms with Gasteiger partial charge in [-0.05, 0) is 62.1 Å². The average Bonchev–Trinajstić information content (AvgIpc) is 2.93. The Morgan fingerprint density at radius 1 is 1.05 bits per heavy atom. The van der Waals surface area contributed by atoms with Crippen molar-refractivity contribution in [3.63, 3.8) is 0 Å². The van der Waals surface area contributed by atoms with Crippen molar-refractivity contribution >= 4 is 0 Å². The number of aliphatic hydroxyl groups is 1. The first-order valence-electron chi connectivity index (χ1n) is 8.27. The molecule has 1 aromatic carbocycles. The fraction of sp³-hybridized carbons (Fsp3) is 0.667. The third-order valence-corrected chi connectivity index (χ3v) is 6.11. The van der Waals surface area contributed by atoms with Gasteiger partial charge in [-0.1, -0.05) is 12.8 Å². The van der Waals surface area contributed by atoms with E-state index in [1.807, 2.05) is 0 Å². The van der Waals surface area contributed by atoms with E-state index in [4.69, 9.17) is 4.74 Å². The molecule has 3 heteroatoms. The van der Waals surface area contributed by atoms with Gasteiger partial charge in [0.25, 0.3) is 0 Å². The third kappa shape index (κ3) is 2.26. The van der Waals surface area contributed by atoms with E-state index in [-0.39, 0.29) is 11.4 Å². The Morgan fingerprint density at radius 3 is 2.48 bits per heavy atom. The minimum atomic E-state index is -0.595. The Morgan fingerprint density at radius 2 is 1.76 bits per heavy atom. The highest BCUT2D eigenvalue weighted by Crippen LogP contribution is 2.55. The predicted molar refractivity (Wildman–Crippen MR) is 78.7 cm³/mol. The van der Waals surface area contributed by atoms with Gasteiger partial charge >= 0.3 is 0 Å². The molecule has 3 aliphatic rings. The summed E-state index contributed by atoms with van der Waals surface area (Å²) >= 11 is 0. The number of benzene rings is 1. The van der Waals surface area contributed by atoms with Crippen molar-refractivity contribution in [2.75, 3.05) is 0 Å². The van der Waals surface area contributed by atoms with Crippen molar-refractivity contribution in [1.29, 1.82) is 0 Å². The van der Waals surface area contributed by atoms with Gasteiger partial charge in [0.05, 0.1) is 6.10 Å². The number of halogens is 1. The van der Waals surface area contributed by atoms with Crippen LogP contribution < -0.4 is 4.74 Å². The SMILES string of the molecule is O[C@H]1CC2(CCC3(CCCC3)CC2)Oc2ccc(F)cc21. The summed E-state index contributed by atoms with van der Waals surface area (Å²) in [6.07, 6.45) is 9.99. The second kappa shape index (κ2) is 4.70. The highest BCUT2D eigenvalue weighted by Gasteiger charge is 2.48. The highest BCUT2D eigenvalue weighted by atomic mass is 19.1. The summed E-state index contributed by atoms with van der Waals surface area (Å²) in [5.41, 5.74) is 0.947. The molecule has 2 spiro atoms. The van der Waals surface area contributed by atoms with Crippen molar-refractivity contribution in [3.05, 3.63) is 29.6 Å². The van der Waals surface area contributed by atoms with Crippen LogP contribution in [0.4, 0.5) is 4.39 Å². The van der Waals surface area contributed by atoms with Crippen LogP contribution in [0.3, 0.4) is 0 Å². The Labute approximate surface area is 125 Å². The van der Waals surface area contributed by atoms with Crippen LogP contribution in [0.25, 0.3) is 0 Å². The fourth-order valence-electron chi connectivity index (χ4n) is 4.78. The standard InChI is InChI=1S/C18H23FO2/c19-13-3-4-16-14(11-13)15(20)12-18(21-16)9-7-17(8-10-18)5-1-2-6-17/h3-4,11,15,20H,1-2,5-10,12H2/t15-/m0/s1. The van der Waals surface area contributed by atoms with E-state index >= 15 is 0 Å². The number of hydrogen-bond donors (Lipinski definition) is 1. The molecule has 0 amide bonds. The fourth-order valence-corrected chi connectivity index (χ4v) is 4.78. The molecule has 114 valence electrons. The zero-order valence-corrected chi connectivity index (χ0v) is 12.4. The van der Waals surface area contributed by atoms with E-state index in [9.17, 15) is 9.50 Å². The van der Waals surface area contributed by atoms with Gasteiger partial charge in [0.15, 0.2) is 0 Å². The van der Waals surface area contributed by atoms with E-state index in [2.05, 4.69) is 0 Å². The molecule has 2 fully saturated rings. The Bertz CT molecular complexity index is 538. The van der Waals surface area contributed by atoms with Crippen molar-refractivity contribution in [2.45, 2.75) is 69.5 Å². The van der Waals surface area contributed by atoms with Gasteiger partial charge in [-0.3, -0.25) is 0 Å². The van der Waals surface area contributed by atoms with Gasteiger partial charge < -0.3 is 9.84 Å². The maximum Gasteiger partial charge on any atom is 0.126 e. The number of hydrogen-bond acceptors (Lipinski definition) is 2. The molecule has 0 aromatic heterocycles. The topological polar surface area (TPSA) is 29.5 Å². The molecule has 1 aliphatic heterocycles. The summed E-state index contributed by atoms with van der Waals surface area (Å²) < 4.78 is 19.6. The Balaban J connectivity index is 1.56. The molecule has 0 radical (unpaired) electrons. The maximum absolute atomic E-state index is 13.3. The summed E-state index contributed by atoms with van der Waals surface area (Å²) in [6, 6.07) is 4.51. The summed E-state index contributed by atoms with van der Waals surface area (Å²) in [4.78, 5) is 0. The zero-order chi connectivity index (χ0) is 14.5. The van der Waals surface area contributed by atoms with Crippen LogP contribution in [0.5, 0.6) is 5.75 Å².